The number of ether oxygens (including phenoxy) is 1. The van der Waals surface area contributed by atoms with Crippen LogP contribution in [0.3, 0.4) is 0 Å². The van der Waals surface area contributed by atoms with Gasteiger partial charge in [0.05, 0.1) is 28.6 Å². The zero-order chi connectivity index (χ0) is 18.2. The van der Waals surface area contributed by atoms with Crippen LogP contribution in [0.1, 0.15) is 27.7 Å². The summed E-state index contributed by atoms with van der Waals surface area (Å²) in [6.45, 7) is 7.67. The molecule has 0 spiro atoms. The lowest BCUT2D eigenvalue weighted by Crippen LogP contribution is -2.32. The van der Waals surface area contributed by atoms with Crippen LogP contribution in [0.15, 0.2) is 28.5 Å². The first-order valence-electron chi connectivity index (χ1n) is 8.01. The Morgan fingerprint density at radius 1 is 1.36 bits per heavy atom. The summed E-state index contributed by atoms with van der Waals surface area (Å²) < 4.78 is 7.82. The van der Waals surface area contributed by atoms with Crippen LogP contribution in [0.5, 0.6) is 0 Å². The summed E-state index contributed by atoms with van der Waals surface area (Å²) in [6.07, 6.45) is 1.67. The van der Waals surface area contributed by atoms with Crippen molar-refractivity contribution in [1.82, 2.24) is 19.6 Å². The van der Waals surface area contributed by atoms with E-state index in [1.165, 1.54) is 16.0 Å². The van der Waals surface area contributed by atoms with Gasteiger partial charge in [0.15, 0.2) is 0 Å². The predicted octanol–water partition coefficient (Wildman–Crippen LogP) is 2.64. The van der Waals surface area contributed by atoms with E-state index in [4.69, 9.17) is 4.74 Å². The summed E-state index contributed by atoms with van der Waals surface area (Å²) in [5.41, 5.74) is 0.354. The Morgan fingerprint density at radius 3 is 2.72 bits per heavy atom. The summed E-state index contributed by atoms with van der Waals surface area (Å²) in [6, 6.07) is 3.85. The van der Waals surface area contributed by atoms with Gasteiger partial charge < -0.3 is 4.74 Å². The molecule has 0 aliphatic carbocycles. The highest BCUT2D eigenvalue weighted by Crippen LogP contribution is 2.30. The Morgan fingerprint density at radius 2 is 2.12 bits per heavy atom. The van der Waals surface area contributed by atoms with Crippen LogP contribution in [0.25, 0.3) is 21.5 Å². The average Bonchev–Trinajstić information content (AvgIpc) is 3.19. The average molecular weight is 360 g/mol. The van der Waals surface area contributed by atoms with E-state index in [0.717, 1.165) is 4.88 Å². The van der Waals surface area contributed by atoms with Crippen LogP contribution in [-0.2, 0) is 21.6 Å². The third kappa shape index (κ3) is 3.21. The fourth-order valence-electron chi connectivity index (χ4n) is 2.61. The Balaban J connectivity index is 2.28. The molecule has 8 heteroatoms. The number of thiophene rings is 1. The molecule has 0 saturated carbocycles. The standard InChI is InChI=1S/C17H20N4O3S/c1-5-24-13(22)10-20-16(23)15-11(9-18-21(15)17(2,3)4)14(19-20)12-7-6-8-25-12/h6-9H,5,10H2,1-4H3. The number of hydrogen-bond acceptors (Lipinski definition) is 6. The molecule has 3 rings (SSSR count). The second kappa shape index (κ2) is 6.44. The number of esters is 1. The van der Waals surface area contributed by atoms with Crippen molar-refractivity contribution < 1.29 is 9.53 Å². The molecule has 3 heterocycles. The summed E-state index contributed by atoms with van der Waals surface area (Å²) in [7, 11) is 0. The van der Waals surface area contributed by atoms with Crippen LogP contribution in [0.2, 0.25) is 0 Å². The highest BCUT2D eigenvalue weighted by Gasteiger charge is 2.24. The lowest BCUT2D eigenvalue weighted by molar-refractivity contribution is -0.144. The van der Waals surface area contributed by atoms with Gasteiger partial charge in [0.2, 0.25) is 0 Å². The van der Waals surface area contributed by atoms with Gasteiger partial charge in [-0.15, -0.1) is 11.3 Å². The Labute approximate surface area is 148 Å². The lowest BCUT2D eigenvalue weighted by atomic mass is 10.1. The van der Waals surface area contributed by atoms with E-state index >= 15 is 0 Å². The normalized spacial score (nSPS) is 11.8. The summed E-state index contributed by atoms with van der Waals surface area (Å²) in [4.78, 5) is 25.7. The molecular weight excluding hydrogens is 340 g/mol. The Bertz CT molecular complexity index is 964. The number of fused-ring (bicyclic) bond motifs is 1. The van der Waals surface area contributed by atoms with E-state index in [1.807, 2.05) is 38.3 Å². The molecule has 7 nitrogen and oxygen atoms in total. The largest absolute Gasteiger partial charge is 0.465 e. The van der Waals surface area contributed by atoms with E-state index in [0.29, 0.717) is 16.6 Å². The Hall–Kier alpha value is -2.48. The summed E-state index contributed by atoms with van der Waals surface area (Å²) >= 11 is 1.52. The quantitative estimate of drug-likeness (QED) is 0.668. The van der Waals surface area contributed by atoms with E-state index in [-0.39, 0.29) is 24.2 Å². The van der Waals surface area contributed by atoms with Crippen molar-refractivity contribution in [3.05, 3.63) is 34.1 Å². The van der Waals surface area contributed by atoms with E-state index in [2.05, 4.69) is 10.2 Å². The van der Waals surface area contributed by atoms with Gasteiger partial charge in [-0.25, -0.2) is 4.68 Å². The molecule has 0 unspecified atom stereocenters. The maximum absolute atomic E-state index is 13.0. The molecule has 0 aliphatic rings. The summed E-state index contributed by atoms with van der Waals surface area (Å²) in [5.74, 6) is -0.490. The number of carbonyl (C=O) groups is 1. The smallest absolute Gasteiger partial charge is 0.327 e. The molecule has 0 atom stereocenters. The fraction of sp³-hybridized carbons (Fsp3) is 0.412. The first-order valence-corrected chi connectivity index (χ1v) is 8.89. The number of carbonyl (C=O) groups excluding carboxylic acids is 1. The third-order valence-corrected chi connectivity index (χ3v) is 4.53. The topological polar surface area (TPSA) is 79.0 Å². The molecule has 0 aliphatic heterocycles. The second-order valence-corrected chi connectivity index (χ2v) is 7.53. The highest BCUT2D eigenvalue weighted by molar-refractivity contribution is 7.13. The van der Waals surface area contributed by atoms with Gasteiger partial charge in [-0.1, -0.05) is 6.07 Å². The van der Waals surface area contributed by atoms with Gasteiger partial charge in [0.1, 0.15) is 17.8 Å². The molecule has 0 bridgehead atoms. The number of aromatic nitrogens is 4. The fourth-order valence-corrected chi connectivity index (χ4v) is 3.33. The van der Waals surface area contributed by atoms with Gasteiger partial charge in [-0.2, -0.15) is 10.2 Å². The summed E-state index contributed by atoms with van der Waals surface area (Å²) in [5, 5.41) is 11.5. The van der Waals surface area contributed by atoms with Gasteiger partial charge >= 0.3 is 5.97 Å². The van der Waals surface area contributed by atoms with Gasteiger partial charge in [-0.3, -0.25) is 14.3 Å². The van der Waals surface area contributed by atoms with Crippen LogP contribution in [-0.4, -0.2) is 32.1 Å². The molecule has 0 amide bonds. The molecule has 132 valence electrons. The molecule has 0 fully saturated rings. The first kappa shape index (κ1) is 17.3. The van der Waals surface area contributed by atoms with Crippen molar-refractivity contribution in [3.63, 3.8) is 0 Å². The number of nitrogens with zero attached hydrogens (tertiary/aromatic N) is 4. The minimum absolute atomic E-state index is 0.226. The molecule has 0 N–H and O–H groups in total. The monoisotopic (exact) mass is 360 g/mol. The molecule has 0 aromatic carbocycles. The Kier molecular flexibility index (Phi) is 4.47. The van der Waals surface area contributed by atoms with Crippen LogP contribution >= 0.6 is 11.3 Å². The number of hydrogen-bond donors (Lipinski definition) is 0. The number of rotatable bonds is 4. The molecule has 3 aromatic rings. The van der Waals surface area contributed by atoms with Crippen molar-refractivity contribution in [3.8, 4) is 10.6 Å². The molecule has 0 saturated heterocycles. The minimum Gasteiger partial charge on any atom is -0.465 e. The van der Waals surface area contributed by atoms with Crippen molar-refractivity contribution in [1.29, 1.82) is 0 Å². The third-order valence-electron chi connectivity index (χ3n) is 3.66. The van der Waals surface area contributed by atoms with E-state index in [1.54, 1.807) is 17.8 Å². The zero-order valence-corrected chi connectivity index (χ0v) is 15.5. The molecule has 25 heavy (non-hydrogen) atoms. The predicted molar refractivity (Wildman–Crippen MR) is 96.7 cm³/mol. The highest BCUT2D eigenvalue weighted by atomic mass is 32.1. The van der Waals surface area contributed by atoms with Crippen molar-refractivity contribution in [2.24, 2.45) is 0 Å². The maximum atomic E-state index is 13.0. The first-order chi connectivity index (χ1) is 11.8. The maximum Gasteiger partial charge on any atom is 0.327 e. The van der Waals surface area contributed by atoms with Crippen LogP contribution in [0.4, 0.5) is 0 Å². The minimum atomic E-state index is -0.490. The molecule has 0 radical (unpaired) electrons. The van der Waals surface area contributed by atoms with Gasteiger partial charge in [-0.05, 0) is 39.1 Å². The second-order valence-electron chi connectivity index (χ2n) is 6.58. The lowest BCUT2D eigenvalue weighted by Gasteiger charge is -2.20. The SMILES string of the molecule is CCOC(=O)Cn1nc(-c2cccs2)c2cnn(C(C)(C)C)c2c1=O. The van der Waals surface area contributed by atoms with Gasteiger partial charge in [0, 0.05) is 0 Å². The van der Waals surface area contributed by atoms with E-state index < -0.39 is 5.97 Å². The van der Waals surface area contributed by atoms with Crippen molar-refractivity contribution in [2.45, 2.75) is 39.8 Å². The van der Waals surface area contributed by atoms with Crippen LogP contribution < -0.4 is 5.56 Å². The van der Waals surface area contributed by atoms with Crippen molar-refractivity contribution in [2.75, 3.05) is 6.61 Å². The van der Waals surface area contributed by atoms with E-state index in [9.17, 15) is 9.59 Å². The zero-order valence-electron chi connectivity index (χ0n) is 14.6. The van der Waals surface area contributed by atoms with Gasteiger partial charge in [0.25, 0.3) is 5.56 Å². The molecule has 3 aromatic heterocycles. The molecular formula is C17H20N4O3S. The van der Waals surface area contributed by atoms with Crippen molar-refractivity contribution >= 4 is 28.2 Å². The van der Waals surface area contributed by atoms with Crippen LogP contribution in [0, 0.1) is 0 Å².